The van der Waals surface area contributed by atoms with Gasteiger partial charge in [0.2, 0.25) is 0 Å². The lowest BCUT2D eigenvalue weighted by Gasteiger charge is -2.14. The Morgan fingerprint density at radius 3 is 1.64 bits per heavy atom. The molecule has 0 fully saturated rings. The van der Waals surface area contributed by atoms with Crippen molar-refractivity contribution >= 4 is 0 Å². The molecular weight excluding hydrogens is 436 g/mol. The molecule has 204 valence electrons. The maximum atomic E-state index is 3.67. The predicted octanol–water partition coefficient (Wildman–Crippen LogP) is 10.5. The minimum atomic E-state index is 0.696. The molecule has 1 aromatic heterocycles. The lowest BCUT2D eigenvalue weighted by molar-refractivity contribution is -0.704. The minimum Gasteiger partial charge on any atom is -0.247 e. The predicted molar refractivity (Wildman–Crippen MR) is 158 cm³/mol. The summed E-state index contributed by atoms with van der Waals surface area (Å²) in [7, 11) is 0. The molecule has 2 nitrogen and oxygen atoms in total. The molecule has 0 unspecified atom stereocenters. The Labute approximate surface area is 224 Å². The molecule has 36 heavy (non-hydrogen) atoms. The van der Waals surface area contributed by atoms with Crippen LogP contribution in [0, 0.1) is 0 Å². The maximum Gasteiger partial charge on any atom is 0.257 e. The van der Waals surface area contributed by atoms with Gasteiger partial charge in [-0.2, -0.15) is 0 Å². The molecule has 0 spiro atoms. The summed E-state index contributed by atoms with van der Waals surface area (Å²) in [4.78, 5) is 3.67. The second-order valence-electron chi connectivity index (χ2n) is 11.2. The maximum absolute atomic E-state index is 3.67. The Hall–Kier alpha value is -1.57. The number of hydrogen-bond acceptors (Lipinski definition) is 0. The highest BCUT2D eigenvalue weighted by Gasteiger charge is 2.22. The molecule has 2 heteroatoms. The number of rotatable bonds is 24. The van der Waals surface area contributed by atoms with Crippen molar-refractivity contribution in [2.75, 3.05) is 0 Å². The second kappa shape index (κ2) is 21.5. The molecule has 1 N–H and O–H groups in total. The van der Waals surface area contributed by atoms with Gasteiger partial charge in [0, 0.05) is 0 Å². The van der Waals surface area contributed by atoms with Gasteiger partial charge in [0.1, 0.15) is 12.4 Å². The molecule has 0 amide bonds. The first-order valence-corrected chi connectivity index (χ1v) is 16.0. The fraction of sp³-hybridized carbons (Fsp3) is 0.735. The molecule has 0 saturated carbocycles. The van der Waals surface area contributed by atoms with E-state index in [2.05, 4.69) is 66.1 Å². The zero-order chi connectivity index (χ0) is 25.5. The first-order valence-electron chi connectivity index (χ1n) is 16.0. The van der Waals surface area contributed by atoms with Crippen LogP contribution in [-0.4, -0.2) is 4.98 Å². The summed E-state index contributed by atoms with van der Waals surface area (Å²) in [6.45, 7) is 5.74. The lowest BCUT2D eigenvalue weighted by atomic mass is 9.93. The molecule has 1 aromatic carbocycles. The first kappa shape index (κ1) is 30.7. The lowest BCUT2D eigenvalue weighted by Crippen LogP contribution is -2.37. The zero-order valence-electron chi connectivity index (χ0n) is 24.1. The van der Waals surface area contributed by atoms with Gasteiger partial charge < -0.3 is 0 Å². The van der Waals surface area contributed by atoms with Crippen molar-refractivity contribution in [3.05, 3.63) is 54.1 Å². The molecule has 0 aliphatic carbocycles. The number of imidazole rings is 1. The quantitative estimate of drug-likeness (QED) is 0.110. The van der Waals surface area contributed by atoms with E-state index in [1.807, 2.05) is 0 Å². The van der Waals surface area contributed by atoms with E-state index in [4.69, 9.17) is 0 Å². The van der Waals surface area contributed by atoms with Crippen LogP contribution in [0.3, 0.4) is 0 Å². The summed E-state index contributed by atoms with van der Waals surface area (Å²) in [6.07, 6.45) is 33.6. The average molecular weight is 496 g/mol. The average Bonchev–Trinajstić information content (AvgIpc) is 3.37. The summed E-state index contributed by atoms with van der Waals surface area (Å²) >= 11 is 0. The van der Waals surface area contributed by atoms with E-state index in [0.29, 0.717) is 5.92 Å². The van der Waals surface area contributed by atoms with Gasteiger partial charge in [-0.3, -0.25) is 0 Å². The van der Waals surface area contributed by atoms with Crippen LogP contribution in [0.2, 0.25) is 0 Å². The van der Waals surface area contributed by atoms with E-state index in [-0.39, 0.29) is 0 Å². The van der Waals surface area contributed by atoms with Crippen molar-refractivity contribution < 1.29 is 4.57 Å². The summed E-state index contributed by atoms with van der Waals surface area (Å²) in [5, 5.41) is 0. The topological polar surface area (TPSA) is 19.7 Å². The number of aromatic amines is 1. The number of H-pyrrole nitrogens is 1. The standard InChI is InChI=1S/C34H58N2/c1-3-5-7-9-11-12-13-14-15-17-22-28-33(27-21-16-10-8-6-4-2)34-35-29-31-36(34)30-23-26-32-24-19-18-20-25-32/h18-20,24-25,29,31,33H,3-17,21-23,26-28,30H2,1-2H3/p+1/t33-/m0/s1. The highest BCUT2D eigenvalue weighted by molar-refractivity contribution is 5.14. The first-order chi connectivity index (χ1) is 17.8. The molecule has 0 aliphatic heterocycles. The molecule has 0 saturated heterocycles. The number of aryl methyl sites for hydroxylation is 2. The molecule has 2 aromatic rings. The van der Waals surface area contributed by atoms with Crippen LogP contribution in [0.5, 0.6) is 0 Å². The van der Waals surface area contributed by atoms with Crippen molar-refractivity contribution in [1.29, 1.82) is 0 Å². The Kier molecular flexibility index (Phi) is 18.3. The van der Waals surface area contributed by atoms with Crippen molar-refractivity contribution in [2.24, 2.45) is 0 Å². The van der Waals surface area contributed by atoms with Gasteiger partial charge in [0.05, 0.1) is 12.5 Å². The molecule has 1 heterocycles. The highest BCUT2D eigenvalue weighted by atomic mass is 15.1. The largest absolute Gasteiger partial charge is 0.257 e. The van der Waals surface area contributed by atoms with Crippen LogP contribution in [0.15, 0.2) is 42.7 Å². The smallest absolute Gasteiger partial charge is 0.247 e. The highest BCUT2D eigenvalue weighted by Crippen LogP contribution is 2.26. The van der Waals surface area contributed by atoms with E-state index in [0.717, 1.165) is 6.54 Å². The van der Waals surface area contributed by atoms with E-state index in [9.17, 15) is 0 Å². The van der Waals surface area contributed by atoms with Crippen LogP contribution < -0.4 is 4.57 Å². The molecule has 0 aliphatic rings. The molecule has 0 radical (unpaired) electrons. The number of nitrogens with one attached hydrogen (secondary N) is 1. The Balaban J connectivity index is 1.73. The van der Waals surface area contributed by atoms with Crippen LogP contribution in [0.25, 0.3) is 0 Å². The van der Waals surface area contributed by atoms with Gasteiger partial charge in [0.15, 0.2) is 0 Å². The van der Waals surface area contributed by atoms with Gasteiger partial charge >= 0.3 is 0 Å². The van der Waals surface area contributed by atoms with Gasteiger partial charge in [0.25, 0.3) is 5.82 Å². The fourth-order valence-electron chi connectivity index (χ4n) is 5.67. The Morgan fingerprint density at radius 2 is 1.11 bits per heavy atom. The number of aromatic nitrogens is 2. The monoisotopic (exact) mass is 495 g/mol. The Bertz CT molecular complexity index is 720. The van der Waals surface area contributed by atoms with E-state index in [1.165, 1.54) is 146 Å². The second-order valence-corrected chi connectivity index (χ2v) is 11.2. The van der Waals surface area contributed by atoms with Gasteiger partial charge in [-0.15, -0.1) is 0 Å². The van der Waals surface area contributed by atoms with E-state index >= 15 is 0 Å². The van der Waals surface area contributed by atoms with Gasteiger partial charge in [-0.25, -0.2) is 9.55 Å². The summed E-state index contributed by atoms with van der Waals surface area (Å²) < 4.78 is 2.53. The van der Waals surface area contributed by atoms with Crippen molar-refractivity contribution in [3.63, 3.8) is 0 Å². The van der Waals surface area contributed by atoms with Crippen LogP contribution in [0.1, 0.15) is 160 Å². The molecular formula is C34H59N2+. The minimum absolute atomic E-state index is 0.696. The SMILES string of the molecule is CCCCCCCCCCCCC[C@H](CCCCCCCC)c1[nH]cc[n+]1CCCc1ccccc1. The van der Waals surface area contributed by atoms with Crippen molar-refractivity contribution in [3.8, 4) is 0 Å². The summed E-state index contributed by atoms with van der Waals surface area (Å²) in [5.41, 5.74) is 1.46. The van der Waals surface area contributed by atoms with Crippen molar-refractivity contribution in [2.45, 2.75) is 161 Å². The number of nitrogens with zero attached hydrogens (tertiary/aromatic N) is 1. The third-order valence-corrected chi connectivity index (χ3v) is 7.95. The molecule has 0 bridgehead atoms. The third-order valence-electron chi connectivity index (χ3n) is 7.95. The number of unbranched alkanes of at least 4 members (excludes halogenated alkanes) is 15. The third kappa shape index (κ3) is 14.2. The van der Waals surface area contributed by atoms with E-state index < -0.39 is 0 Å². The fourth-order valence-corrected chi connectivity index (χ4v) is 5.67. The van der Waals surface area contributed by atoms with Gasteiger partial charge in [-0.1, -0.05) is 153 Å². The van der Waals surface area contributed by atoms with Crippen LogP contribution in [0.4, 0.5) is 0 Å². The number of benzene rings is 1. The molecule has 1 atom stereocenters. The normalized spacial score (nSPS) is 12.3. The molecule has 2 rings (SSSR count). The van der Waals surface area contributed by atoms with Gasteiger partial charge in [-0.05, 0) is 31.2 Å². The zero-order valence-corrected chi connectivity index (χ0v) is 24.1. The van der Waals surface area contributed by atoms with Crippen molar-refractivity contribution in [1.82, 2.24) is 4.98 Å². The van der Waals surface area contributed by atoms with Crippen LogP contribution >= 0.6 is 0 Å². The summed E-state index contributed by atoms with van der Waals surface area (Å²) in [5.74, 6) is 2.19. The summed E-state index contributed by atoms with van der Waals surface area (Å²) in [6, 6.07) is 11.0. The van der Waals surface area contributed by atoms with E-state index in [1.54, 1.807) is 0 Å². The number of hydrogen-bond donors (Lipinski definition) is 1. The Morgan fingerprint density at radius 1 is 0.611 bits per heavy atom. The van der Waals surface area contributed by atoms with Crippen LogP contribution in [-0.2, 0) is 13.0 Å².